The monoisotopic (exact) mass is 389 g/mol. The van der Waals surface area contributed by atoms with Gasteiger partial charge < -0.3 is 25.2 Å². The molecule has 0 aliphatic carbocycles. The summed E-state index contributed by atoms with van der Waals surface area (Å²) in [7, 11) is 0. The van der Waals surface area contributed by atoms with Gasteiger partial charge in [0.2, 0.25) is 0 Å². The first-order valence-electron chi connectivity index (χ1n) is 8.74. The zero-order chi connectivity index (χ0) is 19.2. The molecule has 2 amide bonds. The summed E-state index contributed by atoms with van der Waals surface area (Å²) in [6.45, 7) is 1.95. The lowest BCUT2D eigenvalue weighted by Crippen LogP contribution is -2.44. The Kier molecular flexibility index (Phi) is 6.49. The van der Waals surface area contributed by atoms with Crippen molar-refractivity contribution in [2.75, 3.05) is 43.1 Å². The van der Waals surface area contributed by atoms with E-state index >= 15 is 0 Å². The third-order valence-corrected chi connectivity index (χ3v) is 4.79. The van der Waals surface area contributed by atoms with Crippen LogP contribution in [0.3, 0.4) is 0 Å². The van der Waals surface area contributed by atoms with Crippen LogP contribution >= 0.6 is 0 Å². The maximum atomic E-state index is 12.0. The van der Waals surface area contributed by atoms with Gasteiger partial charge in [0, 0.05) is 37.0 Å². The van der Waals surface area contributed by atoms with Crippen molar-refractivity contribution in [1.82, 2.24) is 14.9 Å². The molecule has 1 fully saturated rings. The van der Waals surface area contributed by atoms with Crippen LogP contribution in [0, 0.1) is 0 Å². The van der Waals surface area contributed by atoms with Gasteiger partial charge in [-0.15, -0.1) is 0 Å². The number of benzene rings is 1. The van der Waals surface area contributed by atoms with Crippen molar-refractivity contribution >= 4 is 28.7 Å². The lowest BCUT2D eigenvalue weighted by molar-refractivity contribution is 0.181. The molecule has 2 aromatic rings. The van der Waals surface area contributed by atoms with Gasteiger partial charge >= 0.3 is 6.03 Å². The van der Waals surface area contributed by atoms with Gasteiger partial charge in [-0.2, -0.15) is 0 Å². The molecule has 1 aliphatic heterocycles. The number of likely N-dealkylation sites (tertiary alicyclic amines) is 1. The van der Waals surface area contributed by atoms with Crippen molar-refractivity contribution in [2.45, 2.75) is 12.2 Å². The Balaban J connectivity index is 1.77. The summed E-state index contributed by atoms with van der Waals surface area (Å²) in [5.41, 5.74) is 2.16. The van der Waals surface area contributed by atoms with E-state index in [1.54, 1.807) is 17.2 Å². The number of urea groups is 1. The number of aliphatic hydroxyl groups excluding tert-OH is 1. The van der Waals surface area contributed by atoms with Crippen LogP contribution in [0.2, 0.25) is 0 Å². The van der Waals surface area contributed by atoms with Crippen molar-refractivity contribution in [3.63, 3.8) is 0 Å². The third kappa shape index (κ3) is 5.31. The summed E-state index contributed by atoms with van der Waals surface area (Å²) in [6, 6.07) is 8.94. The van der Waals surface area contributed by atoms with Crippen LogP contribution in [0.4, 0.5) is 16.3 Å². The van der Waals surface area contributed by atoms with Gasteiger partial charge in [0.05, 0.1) is 18.6 Å². The van der Waals surface area contributed by atoms with Crippen LogP contribution < -0.4 is 10.6 Å². The van der Waals surface area contributed by atoms with E-state index in [1.165, 1.54) is 0 Å². The summed E-state index contributed by atoms with van der Waals surface area (Å²) in [6.07, 6.45) is 2.67. The molecule has 1 aliphatic rings. The van der Waals surface area contributed by atoms with Crippen molar-refractivity contribution in [2.24, 2.45) is 0 Å². The van der Waals surface area contributed by atoms with Crippen LogP contribution in [-0.2, 0) is 16.9 Å². The highest BCUT2D eigenvalue weighted by Gasteiger charge is 2.20. The Bertz CT molecular complexity index is 781. The largest absolute Gasteiger partial charge is 0.616 e. The standard InChI is InChI=1S/C18H23N5O3S/c1-27(26)12-15-11-16(19-7-10-24)22-17(20-15)13-3-5-14(6-4-13)21-18(25)23-8-2-9-23/h3-6,11,24H,2,7-10,12H2,1H3,(H,21,25)(H,19,20,22). The predicted octanol–water partition coefficient (Wildman–Crippen LogP) is 1.66. The topological polar surface area (TPSA) is 113 Å². The first-order chi connectivity index (χ1) is 13.0. The van der Waals surface area contributed by atoms with Gasteiger partial charge in [0.25, 0.3) is 0 Å². The number of carbonyl (C=O) groups excluding carboxylic acids is 1. The molecular weight excluding hydrogens is 366 g/mol. The Morgan fingerprint density at radius 3 is 2.63 bits per heavy atom. The molecular formula is C18H23N5O3S. The van der Waals surface area contributed by atoms with E-state index in [1.807, 2.05) is 24.3 Å². The normalized spacial score (nSPS) is 14.4. The molecule has 0 saturated carbocycles. The fraction of sp³-hybridized carbons (Fsp3) is 0.389. The fourth-order valence-electron chi connectivity index (χ4n) is 2.61. The van der Waals surface area contributed by atoms with Crippen molar-refractivity contribution in [3.05, 3.63) is 36.0 Å². The van der Waals surface area contributed by atoms with Gasteiger partial charge in [-0.1, -0.05) is 11.2 Å². The van der Waals surface area contributed by atoms with Crippen LogP contribution in [0.5, 0.6) is 0 Å². The molecule has 1 saturated heterocycles. The van der Waals surface area contributed by atoms with Crippen molar-refractivity contribution in [1.29, 1.82) is 0 Å². The molecule has 0 spiro atoms. The Labute approximate surface area is 161 Å². The molecule has 2 heterocycles. The first kappa shape index (κ1) is 19.4. The van der Waals surface area contributed by atoms with Gasteiger partial charge in [-0.05, 0) is 30.7 Å². The van der Waals surface area contributed by atoms with E-state index in [4.69, 9.17) is 5.11 Å². The molecule has 1 aromatic carbocycles. The zero-order valence-electron chi connectivity index (χ0n) is 15.1. The van der Waals surface area contributed by atoms with E-state index in [0.717, 1.165) is 25.1 Å². The Hall–Kier alpha value is -2.36. The zero-order valence-corrected chi connectivity index (χ0v) is 16.0. The second kappa shape index (κ2) is 9.03. The minimum Gasteiger partial charge on any atom is -0.616 e. The molecule has 3 N–H and O–H groups in total. The van der Waals surface area contributed by atoms with Gasteiger partial charge in [0.1, 0.15) is 11.6 Å². The Morgan fingerprint density at radius 2 is 2.04 bits per heavy atom. The molecule has 27 heavy (non-hydrogen) atoms. The number of aliphatic hydroxyl groups is 1. The van der Waals surface area contributed by atoms with Crippen LogP contribution in [0.15, 0.2) is 30.3 Å². The molecule has 1 aromatic heterocycles. The average molecular weight is 389 g/mol. The van der Waals surface area contributed by atoms with E-state index in [9.17, 15) is 9.35 Å². The molecule has 1 atom stereocenters. The number of amides is 2. The number of nitrogens with zero attached hydrogens (tertiary/aromatic N) is 3. The summed E-state index contributed by atoms with van der Waals surface area (Å²) in [5.74, 6) is 1.40. The highest BCUT2D eigenvalue weighted by molar-refractivity contribution is 7.89. The van der Waals surface area contributed by atoms with E-state index < -0.39 is 11.2 Å². The summed E-state index contributed by atoms with van der Waals surface area (Å²) >= 11 is -1.03. The predicted molar refractivity (Wildman–Crippen MR) is 106 cm³/mol. The van der Waals surface area contributed by atoms with Crippen LogP contribution in [0.25, 0.3) is 11.4 Å². The summed E-state index contributed by atoms with van der Waals surface area (Å²) in [5, 5.41) is 14.9. The van der Waals surface area contributed by atoms with Crippen LogP contribution in [-0.4, -0.2) is 63.1 Å². The number of rotatable bonds is 7. The van der Waals surface area contributed by atoms with Crippen LogP contribution in [0.1, 0.15) is 12.1 Å². The Morgan fingerprint density at radius 1 is 1.30 bits per heavy atom. The minimum atomic E-state index is -1.03. The highest BCUT2D eigenvalue weighted by Crippen LogP contribution is 2.22. The third-order valence-electron chi connectivity index (χ3n) is 4.09. The lowest BCUT2D eigenvalue weighted by atomic mass is 10.2. The molecule has 0 radical (unpaired) electrons. The quantitative estimate of drug-likeness (QED) is 0.621. The molecule has 144 valence electrons. The summed E-state index contributed by atoms with van der Waals surface area (Å²) < 4.78 is 11.6. The maximum Gasteiger partial charge on any atom is 0.321 e. The fourth-order valence-corrected chi connectivity index (χ4v) is 3.17. The van der Waals surface area contributed by atoms with Gasteiger partial charge in [-0.25, -0.2) is 14.8 Å². The first-order valence-corrected chi connectivity index (χ1v) is 10.5. The number of nitrogens with one attached hydrogen (secondary N) is 2. The number of anilines is 2. The molecule has 9 heteroatoms. The summed E-state index contributed by atoms with van der Waals surface area (Å²) in [4.78, 5) is 22.7. The van der Waals surface area contributed by atoms with Crippen molar-refractivity contribution < 1.29 is 14.5 Å². The molecule has 0 bridgehead atoms. The smallest absolute Gasteiger partial charge is 0.321 e. The second-order valence-electron chi connectivity index (χ2n) is 6.28. The number of hydrogen-bond donors (Lipinski definition) is 3. The van der Waals surface area contributed by atoms with E-state index in [2.05, 4.69) is 20.6 Å². The van der Waals surface area contributed by atoms with E-state index in [-0.39, 0.29) is 12.6 Å². The van der Waals surface area contributed by atoms with Gasteiger partial charge in [0.15, 0.2) is 5.82 Å². The number of carbonyl (C=O) groups is 1. The molecule has 3 rings (SSSR count). The maximum absolute atomic E-state index is 12.0. The SMILES string of the molecule is C[S+]([O-])Cc1cc(NCCO)nc(-c2ccc(NC(=O)N3CCC3)cc2)n1. The van der Waals surface area contributed by atoms with Gasteiger partial charge in [-0.3, -0.25) is 0 Å². The van der Waals surface area contributed by atoms with Crippen molar-refractivity contribution in [3.8, 4) is 11.4 Å². The number of aromatic nitrogens is 2. The minimum absolute atomic E-state index is 0.0141. The molecule has 1 unspecified atom stereocenters. The second-order valence-corrected chi connectivity index (χ2v) is 7.72. The lowest BCUT2D eigenvalue weighted by Gasteiger charge is -2.30. The van der Waals surface area contributed by atoms with E-state index in [0.29, 0.717) is 35.3 Å². The molecule has 8 nitrogen and oxygen atoms in total. The highest BCUT2D eigenvalue weighted by atomic mass is 32.2. The number of hydrogen-bond acceptors (Lipinski definition) is 6. The average Bonchev–Trinajstić information content (AvgIpc) is 2.58.